The highest BCUT2D eigenvalue weighted by Gasteiger charge is 2.23. The number of nitrogens with zero attached hydrogens (tertiary/aromatic N) is 2. The Kier molecular flexibility index (Phi) is 4.13. The van der Waals surface area contributed by atoms with Crippen molar-refractivity contribution >= 4 is 44.9 Å². The van der Waals surface area contributed by atoms with Crippen molar-refractivity contribution in [3.63, 3.8) is 0 Å². The van der Waals surface area contributed by atoms with Crippen molar-refractivity contribution in [1.29, 1.82) is 0 Å². The van der Waals surface area contributed by atoms with Crippen LogP contribution in [-0.4, -0.2) is 29.3 Å². The second-order valence-electron chi connectivity index (χ2n) is 4.03. The van der Waals surface area contributed by atoms with Crippen LogP contribution in [0, 0.1) is 0 Å². The molecule has 0 atom stereocenters. The van der Waals surface area contributed by atoms with Crippen molar-refractivity contribution in [2.45, 2.75) is 5.03 Å². The molecule has 0 amide bonds. The van der Waals surface area contributed by atoms with E-state index in [0.717, 1.165) is 10.7 Å². The summed E-state index contributed by atoms with van der Waals surface area (Å²) in [5, 5.41) is 12.3. The highest BCUT2D eigenvalue weighted by molar-refractivity contribution is 7.92. The topological polar surface area (TPSA) is 101 Å². The Balaban J connectivity index is 2.40. The third-order valence-corrected chi connectivity index (χ3v) is 4.74. The molecule has 1 heterocycles. The molecule has 0 aliphatic rings. The maximum atomic E-state index is 12.2. The monoisotopic (exact) mass is 349 g/mol. The maximum absolute atomic E-state index is 12.2. The van der Waals surface area contributed by atoms with Crippen LogP contribution in [0.2, 0.25) is 10.0 Å². The van der Waals surface area contributed by atoms with E-state index in [-0.39, 0.29) is 26.3 Å². The van der Waals surface area contributed by atoms with Crippen LogP contribution in [0.25, 0.3) is 0 Å². The lowest BCUT2D eigenvalue weighted by Gasteiger charge is -2.10. The number of carboxylic acids is 1. The summed E-state index contributed by atoms with van der Waals surface area (Å²) in [6, 6.07) is 3.64. The van der Waals surface area contributed by atoms with E-state index in [4.69, 9.17) is 28.3 Å². The first-order valence-corrected chi connectivity index (χ1v) is 7.69. The lowest BCUT2D eigenvalue weighted by Crippen LogP contribution is -2.17. The van der Waals surface area contributed by atoms with Gasteiger partial charge >= 0.3 is 5.97 Å². The summed E-state index contributed by atoms with van der Waals surface area (Å²) in [5.41, 5.74) is -0.0135. The van der Waals surface area contributed by atoms with Crippen LogP contribution in [0.3, 0.4) is 0 Å². The first kappa shape index (κ1) is 15.6. The molecule has 0 radical (unpaired) electrons. The number of sulfonamides is 1. The van der Waals surface area contributed by atoms with Gasteiger partial charge in [0.25, 0.3) is 10.0 Å². The van der Waals surface area contributed by atoms with Gasteiger partial charge < -0.3 is 5.11 Å². The van der Waals surface area contributed by atoms with E-state index in [1.165, 1.54) is 25.4 Å². The fourth-order valence-corrected chi connectivity index (χ4v) is 3.65. The van der Waals surface area contributed by atoms with Gasteiger partial charge in [0.2, 0.25) is 0 Å². The number of hydrogen-bond donors (Lipinski definition) is 2. The molecule has 0 aliphatic heterocycles. The van der Waals surface area contributed by atoms with Gasteiger partial charge in [0.05, 0.1) is 27.5 Å². The number of nitrogens with one attached hydrogen (secondary N) is 1. The molecule has 0 fully saturated rings. The molecule has 112 valence electrons. The number of carboxylic acid groups (broad SMARTS) is 1. The Morgan fingerprint density at radius 2 is 2.00 bits per heavy atom. The Hall–Kier alpha value is -1.77. The van der Waals surface area contributed by atoms with E-state index in [0.29, 0.717) is 0 Å². The molecule has 21 heavy (non-hydrogen) atoms. The highest BCUT2D eigenvalue weighted by Crippen LogP contribution is 2.28. The number of aromatic nitrogens is 2. The number of benzene rings is 1. The average molecular weight is 350 g/mol. The SMILES string of the molecule is Cn1ncc(Cl)c1S(=O)(=O)Nc1ccc(C(=O)O)cc1Cl. The second-order valence-corrected chi connectivity index (χ2v) is 6.44. The van der Waals surface area contributed by atoms with Gasteiger partial charge in [-0.25, -0.2) is 4.79 Å². The van der Waals surface area contributed by atoms with Crippen LogP contribution in [-0.2, 0) is 17.1 Å². The Labute approximate surface area is 130 Å². The summed E-state index contributed by atoms with van der Waals surface area (Å²) in [6.07, 6.45) is 1.20. The number of halogens is 2. The molecule has 0 spiro atoms. The van der Waals surface area contributed by atoms with Crippen molar-refractivity contribution < 1.29 is 18.3 Å². The largest absolute Gasteiger partial charge is 0.478 e. The van der Waals surface area contributed by atoms with Gasteiger partial charge in [-0.2, -0.15) is 13.5 Å². The molecule has 2 aromatic rings. The number of anilines is 1. The lowest BCUT2D eigenvalue weighted by molar-refractivity contribution is 0.0697. The van der Waals surface area contributed by atoms with E-state index < -0.39 is 16.0 Å². The van der Waals surface area contributed by atoms with Gasteiger partial charge in [-0.3, -0.25) is 9.40 Å². The van der Waals surface area contributed by atoms with Crippen LogP contribution >= 0.6 is 23.2 Å². The first-order valence-electron chi connectivity index (χ1n) is 5.45. The van der Waals surface area contributed by atoms with E-state index in [1.807, 2.05) is 0 Å². The van der Waals surface area contributed by atoms with Crippen molar-refractivity contribution in [2.24, 2.45) is 7.05 Å². The van der Waals surface area contributed by atoms with Gasteiger partial charge in [-0.05, 0) is 18.2 Å². The van der Waals surface area contributed by atoms with E-state index in [1.54, 1.807) is 0 Å². The van der Waals surface area contributed by atoms with Gasteiger partial charge in [0, 0.05) is 7.05 Å². The Morgan fingerprint density at radius 3 is 2.48 bits per heavy atom. The molecule has 10 heteroatoms. The number of carbonyl (C=O) groups is 1. The van der Waals surface area contributed by atoms with E-state index >= 15 is 0 Å². The zero-order chi connectivity index (χ0) is 15.8. The molecule has 1 aromatic carbocycles. The predicted molar refractivity (Wildman–Crippen MR) is 77.4 cm³/mol. The van der Waals surface area contributed by atoms with Crippen LogP contribution in [0.4, 0.5) is 5.69 Å². The van der Waals surface area contributed by atoms with Crippen molar-refractivity contribution in [3.8, 4) is 0 Å². The molecule has 0 saturated heterocycles. The molecule has 2 rings (SSSR count). The normalized spacial score (nSPS) is 11.4. The lowest BCUT2D eigenvalue weighted by atomic mass is 10.2. The summed E-state index contributed by atoms with van der Waals surface area (Å²) in [4.78, 5) is 10.8. The van der Waals surface area contributed by atoms with Crippen molar-refractivity contribution in [2.75, 3.05) is 4.72 Å². The molecular formula is C11H9Cl2N3O4S. The highest BCUT2D eigenvalue weighted by atomic mass is 35.5. The fourth-order valence-electron chi connectivity index (χ4n) is 1.63. The van der Waals surface area contributed by atoms with Crippen LogP contribution in [0.5, 0.6) is 0 Å². The van der Waals surface area contributed by atoms with Gasteiger partial charge in [-0.1, -0.05) is 23.2 Å². The first-order chi connectivity index (χ1) is 9.72. The van der Waals surface area contributed by atoms with Gasteiger partial charge in [-0.15, -0.1) is 0 Å². The number of rotatable bonds is 4. The quantitative estimate of drug-likeness (QED) is 0.881. The minimum atomic E-state index is -4.00. The summed E-state index contributed by atoms with van der Waals surface area (Å²) in [7, 11) is -2.57. The Morgan fingerprint density at radius 1 is 1.33 bits per heavy atom. The van der Waals surface area contributed by atoms with Crippen LogP contribution in [0.15, 0.2) is 29.4 Å². The third kappa shape index (κ3) is 3.12. The van der Waals surface area contributed by atoms with Crippen molar-refractivity contribution in [1.82, 2.24) is 9.78 Å². The molecular weight excluding hydrogens is 341 g/mol. The molecule has 0 bridgehead atoms. The fraction of sp³-hybridized carbons (Fsp3) is 0.0909. The van der Waals surface area contributed by atoms with Crippen molar-refractivity contribution in [3.05, 3.63) is 40.0 Å². The minimum absolute atomic E-state index is 0.0386. The molecule has 0 saturated carbocycles. The number of aromatic carboxylic acids is 1. The molecule has 1 aromatic heterocycles. The van der Waals surface area contributed by atoms with Crippen LogP contribution < -0.4 is 4.72 Å². The molecule has 0 unspecified atom stereocenters. The number of aryl methyl sites for hydroxylation is 1. The smallest absolute Gasteiger partial charge is 0.335 e. The second kappa shape index (κ2) is 5.55. The third-order valence-electron chi connectivity index (χ3n) is 2.56. The van der Waals surface area contributed by atoms with E-state index in [2.05, 4.69) is 9.82 Å². The summed E-state index contributed by atoms with van der Waals surface area (Å²) >= 11 is 11.7. The molecule has 7 nitrogen and oxygen atoms in total. The molecule has 0 aliphatic carbocycles. The standard InChI is InChI=1S/C11H9Cl2N3O4S/c1-16-10(8(13)5-14-16)21(19,20)15-9-3-2-6(11(17)18)4-7(9)12/h2-5,15H,1H3,(H,17,18). The average Bonchev–Trinajstić information content (AvgIpc) is 2.71. The molecule has 2 N–H and O–H groups in total. The van der Waals surface area contributed by atoms with Gasteiger partial charge in [0.15, 0.2) is 5.03 Å². The minimum Gasteiger partial charge on any atom is -0.478 e. The van der Waals surface area contributed by atoms with Gasteiger partial charge in [0.1, 0.15) is 0 Å². The summed E-state index contributed by atoms with van der Waals surface area (Å²) in [6.45, 7) is 0. The number of hydrogen-bond acceptors (Lipinski definition) is 4. The van der Waals surface area contributed by atoms with Crippen LogP contribution in [0.1, 0.15) is 10.4 Å². The summed E-state index contributed by atoms with van der Waals surface area (Å²) < 4.78 is 27.8. The Bertz CT molecular complexity index is 797. The zero-order valence-electron chi connectivity index (χ0n) is 10.5. The maximum Gasteiger partial charge on any atom is 0.335 e. The summed E-state index contributed by atoms with van der Waals surface area (Å²) in [5.74, 6) is -1.17. The van der Waals surface area contributed by atoms with E-state index in [9.17, 15) is 13.2 Å². The zero-order valence-corrected chi connectivity index (χ0v) is 12.9. The predicted octanol–water partition coefficient (Wildman–Crippen LogP) is 2.23.